The maximum Gasteiger partial charge on any atom is 0.393 e. The Hall–Kier alpha value is -3.74. The molecule has 0 saturated carbocycles. The molecule has 6 rings (SSSR count). The van der Waals surface area contributed by atoms with Gasteiger partial charge in [-0.25, -0.2) is 9.97 Å². The van der Waals surface area contributed by atoms with Crippen LogP contribution in [0.5, 0.6) is 0 Å². The summed E-state index contributed by atoms with van der Waals surface area (Å²) in [4.78, 5) is 11.8. The van der Waals surface area contributed by atoms with E-state index in [4.69, 9.17) is 0 Å². The SMILES string of the molecule is Cc1c(CNC2CN(c3ncnc4sc(CC(F)(F)F)cc34)CC2c2ccccc2)ccc2c1C=C(C#N)C2. The molecule has 9 heteroatoms. The number of aromatic nitrogens is 2. The summed E-state index contributed by atoms with van der Waals surface area (Å²) in [5.74, 6) is 0.849. The number of thiophene rings is 1. The van der Waals surface area contributed by atoms with Crippen LogP contribution in [0.4, 0.5) is 19.0 Å². The number of hydrogen-bond acceptors (Lipinski definition) is 6. The fourth-order valence-corrected chi connectivity index (χ4v) is 6.79. The van der Waals surface area contributed by atoms with Crippen LogP contribution >= 0.6 is 11.3 Å². The van der Waals surface area contributed by atoms with Gasteiger partial charge in [-0.05, 0) is 46.9 Å². The molecule has 1 N–H and O–H groups in total. The highest BCUT2D eigenvalue weighted by molar-refractivity contribution is 7.18. The fourth-order valence-electron chi connectivity index (χ4n) is 5.77. The molecule has 3 heterocycles. The molecule has 2 atom stereocenters. The highest BCUT2D eigenvalue weighted by Crippen LogP contribution is 2.37. The number of benzene rings is 2. The van der Waals surface area contributed by atoms with E-state index in [2.05, 4.69) is 57.4 Å². The first-order chi connectivity index (χ1) is 18.8. The number of anilines is 1. The average Bonchev–Trinajstić information content (AvgIpc) is 3.64. The number of alkyl halides is 3. The van der Waals surface area contributed by atoms with Crippen LogP contribution in [0.1, 0.15) is 38.6 Å². The lowest BCUT2D eigenvalue weighted by Gasteiger charge is -2.21. The monoisotopic (exact) mass is 545 g/mol. The summed E-state index contributed by atoms with van der Waals surface area (Å²) in [6, 6.07) is 18.5. The van der Waals surface area contributed by atoms with E-state index in [0.717, 1.165) is 22.5 Å². The largest absolute Gasteiger partial charge is 0.393 e. The van der Waals surface area contributed by atoms with Crippen LogP contribution < -0.4 is 10.2 Å². The topological polar surface area (TPSA) is 64.8 Å². The number of allylic oxidation sites excluding steroid dienone is 1. The van der Waals surface area contributed by atoms with E-state index in [1.807, 2.05) is 24.3 Å². The Morgan fingerprint density at radius 1 is 1.13 bits per heavy atom. The van der Waals surface area contributed by atoms with E-state index in [-0.39, 0.29) is 16.8 Å². The van der Waals surface area contributed by atoms with Gasteiger partial charge in [0, 0.05) is 48.5 Å². The lowest BCUT2D eigenvalue weighted by molar-refractivity contribution is -0.126. The van der Waals surface area contributed by atoms with Gasteiger partial charge in [0.2, 0.25) is 0 Å². The molecule has 0 radical (unpaired) electrons. The summed E-state index contributed by atoms with van der Waals surface area (Å²) in [7, 11) is 0. The molecule has 5 nitrogen and oxygen atoms in total. The van der Waals surface area contributed by atoms with Crippen molar-refractivity contribution in [2.24, 2.45) is 0 Å². The Labute approximate surface area is 228 Å². The summed E-state index contributed by atoms with van der Waals surface area (Å²) >= 11 is 1.08. The zero-order valence-electron chi connectivity index (χ0n) is 21.3. The number of rotatable bonds is 6. The van der Waals surface area contributed by atoms with E-state index in [0.29, 0.717) is 42.1 Å². The molecule has 198 valence electrons. The highest BCUT2D eigenvalue weighted by Gasteiger charge is 2.36. The van der Waals surface area contributed by atoms with Gasteiger partial charge in [-0.1, -0.05) is 42.5 Å². The highest BCUT2D eigenvalue weighted by atomic mass is 32.1. The van der Waals surface area contributed by atoms with Gasteiger partial charge in [0.1, 0.15) is 17.0 Å². The second-order valence-corrected chi connectivity index (χ2v) is 11.3. The Morgan fingerprint density at radius 3 is 2.72 bits per heavy atom. The minimum atomic E-state index is -4.27. The Bertz CT molecular complexity index is 1600. The van der Waals surface area contributed by atoms with Crippen LogP contribution in [0.2, 0.25) is 0 Å². The maximum absolute atomic E-state index is 13.1. The van der Waals surface area contributed by atoms with E-state index in [9.17, 15) is 18.4 Å². The van der Waals surface area contributed by atoms with Gasteiger partial charge in [-0.3, -0.25) is 0 Å². The number of halogens is 3. The van der Waals surface area contributed by atoms with Gasteiger partial charge in [0.15, 0.2) is 0 Å². The molecular weight excluding hydrogens is 519 g/mol. The van der Waals surface area contributed by atoms with Gasteiger partial charge in [-0.15, -0.1) is 11.3 Å². The van der Waals surface area contributed by atoms with Crippen molar-refractivity contribution in [3.05, 3.63) is 93.1 Å². The average molecular weight is 546 g/mol. The number of nitriles is 1. The van der Waals surface area contributed by atoms with Gasteiger partial charge < -0.3 is 10.2 Å². The molecular formula is C30H26F3N5S. The molecule has 2 aliphatic rings. The van der Waals surface area contributed by atoms with E-state index in [1.165, 1.54) is 28.6 Å². The lowest BCUT2D eigenvalue weighted by Crippen LogP contribution is -2.35. The molecule has 2 aromatic carbocycles. The summed E-state index contributed by atoms with van der Waals surface area (Å²) < 4.78 is 39.2. The summed E-state index contributed by atoms with van der Waals surface area (Å²) in [6.45, 7) is 4.13. The zero-order valence-corrected chi connectivity index (χ0v) is 22.1. The standard InChI is InChI=1S/C30H26F3N5S/c1-18-22(8-7-21-9-19(13-34)10-24(18)21)14-35-27-16-38(15-26(27)20-5-3-2-4-6-20)28-25-11-23(12-30(31,32)33)39-29(25)37-17-36-28/h2-8,10-11,17,26-27,35H,9,12,14-16H2,1H3. The third-order valence-electron chi connectivity index (χ3n) is 7.70. The van der Waals surface area contributed by atoms with E-state index >= 15 is 0 Å². The van der Waals surface area contributed by atoms with Crippen LogP contribution in [-0.2, 0) is 19.4 Å². The third kappa shape index (κ3) is 5.14. The maximum atomic E-state index is 13.1. The van der Waals surface area contributed by atoms with Gasteiger partial charge >= 0.3 is 6.18 Å². The molecule has 0 spiro atoms. The molecule has 1 aliphatic carbocycles. The number of nitrogens with zero attached hydrogens (tertiary/aromatic N) is 4. The molecule has 4 aromatic rings. The van der Waals surface area contributed by atoms with Gasteiger partial charge in [0.25, 0.3) is 0 Å². The first-order valence-corrected chi connectivity index (χ1v) is 13.7. The van der Waals surface area contributed by atoms with Crippen LogP contribution in [0, 0.1) is 18.3 Å². The molecule has 0 amide bonds. The number of hydrogen-bond donors (Lipinski definition) is 1. The predicted octanol–water partition coefficient (Wildman–Crippen LogP) is 6.33. The first kappa shape index (κ1) is 25.5. The van der Waals surface area contributed by atoms with E-state index in [1.54, 1.807) is 6.07 Å². The summed E-state index contributed by atoms with van der Waals surface area (Å²) in [5, 5.41) is 13.8. The van der Waals surface area contributed by atoms with Gasteiger partial charge in [0.05, 0.1) is 17.9 Å². The van der Waals surface area contributed by atoms with Crippen molar-refractivity contribution < 1.29 is 13.2 Å². The minimum absolute atomic E-state index is 0.101. The quantitative estimate of drug-likeness (QED) is 0.307. The second kappa shape index (κ2) is 10.1. The summed E-state index contributed by atoms with van der Waals surface area (Å²) in [6.07, 6.45) is -1.10. The van der Waals surface area contributed by atoms with Crippen LogP contribution in [0.3, 0.4) is 0 Å². The number of fused-ring (bicyclic) bond motifs is 2. The molecule has 0 bridgehead atoms. The molecule has 1 fully saturated rings. The van der Waals surface area contributed by atoms with E-state index < -0.39 is 12.6 Å². The van der Waals surface area contributed by atoms with Crippen LogP contribution in [-0.4, -0.2) is 35.3 Å². The second-order valence-electron chi connectivity index (χ2n) is 10.2. The Balaban J connectivity index is 1.28. The molecule has 1 aliphatic heterocycles. The van der Waals surface area contributed by atoms with Crippen molar-refractivity contribution >= 4 is 33.4 Å². The van der Waals surface area contributed by atoms with Crippen molar-refractivity contribution in [1.29, 1.82) is 5.26 Å². The molecule has 1 saturated heterocycles. The molecule has 2 unspecified atom stereocenters. The first-order valence-electron chi connectivity index (χ1n) is 12.8. The third-order valence-corrected chi connectivity index (χ3v) is 8.74. The normalized spacial score (nSPS) is 18.8. The van der Waals surface area contributed by atoms with Crippen molar-refractivity contribution in [2.75, 3.05) is 18.0 Å². The number of nitrogens with one attached hydrogen (secondary N) is 1. The van der Waals surface area contributed by atoms with Crippen LogP contribution in [0.25, 0.3) is 16.3 Å². The van der Waals surface area contributed by atoms with Crippen molar-refractivity contribution in [1.82, 2.24) is 15.3 Å². The lowest BCUT2D eigenvalue weighted by atomic mass is 9.93. The predicted molar refractivity (Wildman–Crippen MR) is 148 cm³/mol. The van der Waals surface area contributed by atoms with Crippen molar-refractivity contribution in [3.8, 4) is 6.07 Å². The smallest absolute Gasteiger partial charge is 0.354 e. The molecule has 39 heavy (non-hydrogen) atoms. The zero-order chi connectivity index (χ0) is 27.1. The fraction of sp³-hybridized carbons (Fsp3) is 0.300. The van der Waals surface area contributed by atoms with Crippen LogP contribution in [0.15, 0.2) is 60.4 Å². The van der Waals surface area contributed by atoms with Crippen molar-refractivity contribution in [3.63, 3.8) is 0 Å². The van der Waals surface area contributed by atoms with Crippen molar-refractivity contribution in [2.45, 2.75) is 44.4 Å². The minimum Gasteiger partial charge on any atom is -0.354 e. The molecule has 2 aromatic heterocycles. The Kier molecular flexibility index (Phi) is 6.61. The summed E-state index contributed by atoms with van der Waals surface area (Å²) in [5.41, 5.74) is 6.71. The van der Waals surface area contributed by atoms with Gasteiger partial charge in [-0.2, -0.15) is 18.4 Å². The Morgan fingerprint density at radius 2 is 1.95 bits per heavy atom.